The summed E-state index contributed by atoms with van der Waals surface area (Å²) in [6.45, 7) is 3.35. The number of aromatic nitrogens is 2. The second-order valence-electron chi connectivity index (χ2n) is 6.65. The van der Waals surface area contributed by atoms with Crippen molar-refractivity contribution in [3.63, 3.8) is 0 Å². The molecule has 2 heterocycles. The molecule has 25 heavy (non-hydrogen) atoms. The highest BCUT2D eigenvalue weighted by atomic mass is 32.2. The van der Waals surface area contributed by atoms with Crippen LogP contribution in [-0.2, 0) is 26.1 Å². The lowest BCUT2D eigenvalue weighted by molar-refractivity contribution is -0.120. The van der Waals surface area contributed by atoms with Crippen LogP contribution < -0.4 is 10.2 Å². The molecular weight excluding hydrogens is 346 g/mol. The number of nitrogens with one attached hydrogen (secondary N) is 1. The zero-order chi connectivity index (χ0) is 18.2. The van der Waals surface area contributed by atoms with Crippen molar-refractivity contribution in [2.75, 3.05) is 6.61 Å². The highest BCUT2D eigenvalue weighted by Gasteiger charge is 2.40. The van der Waals surface area contributed by atoms with E-state index in [9.17, 15) is 18.0 Å². The molecule has 0 aliphatic carbocycles. The van der Waals surface area contributed by atoms with Gasteiger partial charge in [-0.05, 0) is 32.4 Å². The Morgan fingerprint density at radius 1 is 1.40 bits per heavy atom. The lowest BCUT2D eigenvalue weighted by Crippen LogP contribution is -2.41. The third-order valence-electron chi connectivity index (χ3n) is 4.13. The Labute approximate surface area is 144 Å². The summed E-state index contributed by atoms with van der Waals surface area (Å²) >= 11 is 0. The highest BCUT2D eigenvalue weighted by molar-refractivity contribution is 7.90. The van der Waals surface area contributed by atoms with Crippen LogP contribution in [-0.4, -0.2) is 41.6 Å². The van der Waals surface area contributed by atoms with Gasteiger partial charge in [-0.25, -0.2) is 8.42 Å². The van der Waals surface area contributed by atoms with Gasteiger partial charge in [0.25, 0.3) is 5.91 Å². The minimum absolute atomic E-state index is 0.0504. The maximum atomic E-state index is 12.3. The molecule has 1 aromatic carbocycles. The Morgan fingerprint density at radius 2 is 2.12 bits per heavy atom. The van der Waals surface area contributed by atoms with Crippen LogP contribution in [0.15, 0.2) is 35.3 Å². The molecule has 9 heteroatoms. The van der Waals surface area contributed by atoms with Crippen molar-refractivity contribution in [1.82, 2.24) is 14.5 Å². The molecule has 1 aromatic heterocycles. The molecular formula is C16H19N3O5S. The zero-order valence-corrected chi connectivity index (χ0v) is 14.7. The van der Waals surface area contributed by atoms with E-state index >= 15 is 0 Å². The van der Waals surface area contributed by atoms with Gasteiger partial charge in [0.1, 0.15) is 11.8 Å². The number of hydrogen-bond acceptors (Lipinski definition) is 6. The van der Waals surface area contributed by atoms with Gasteiger partial charge >= 0.3 is 0 Å². The zero-order valence-electron chi connectivity index (χ0n) is 13.9. The molecule has 0 bridgehead atoms. The number of fused-ring (bicyclic) bond motifs is 1. The summed E-state index contributed by atoms with van der Waals surface area (Å²) in [5.41, 5.74) is -0.322. The number of nitrogens with zero attached hydrogens (tertiary/aromatic N) is 2. The number of amides is 1. The van der Waals surface area contributed by atoms with Gasteiger partial charge < -0.3 is 4.74 Å². The lowest BCUT2D eigenvalue weighted by Gasteiger charge is -2.16. The molecule has 134 valence electrons. The van der Waals surface area contributed by atoms with E-state index < -0.39 is 26.8 Å². The van der Waals surface area contributed by atoms with Crippen LogP contribution >= 0.6 is 0 Å². The monoisotopic (exact) mass is 365 g/mol. The largest absolute Gasteiger partial charge is 0.374 e. The van der Waals surface area contributed by atoms with Crippen molar-refractivity contribution in [1.29, 1.82) is 0 Å². The topological polar surface area (TPSA) is 107 Å². The fraction of sp³-hybridized carbons (Fsp3) is 0.438. The Morgan fingerprint density at radius 3 is 2.80 bits per heavy atom. The summed E-state index contributed by atoms with van der Waals surface area (Å²) in [5, 5.41) is 3.56. The number of ether oxygens (including phenoxy) is 1. The fourth-order valence-electron chi connectivity index (χ4n) is 2.88. The number of hydrogen-bond donors (Lipinski definition) is 1. The number of carbonyl (C=O) groups excluding carboxylic acids is 1. The number of para-hydroxylation sites is 1. The summed E-state index contributed by atoms with van der Waals surface area (Å²) in [7, 11) is -3.84. The van der Waals surface area contributed by atoms with Crippen LogP contribution in [0.2, 0.25) is 0 Å². The molecule has 1 aliphatic rings. The first-order chi connectivity index (χ1) is 11.7. The van der Waals surface area contributed by atoms with E-state index in [-0.39, 0.29) is 18.6 Å². The Hall–Kier alpha value is -2.26. The van der Waals surface area contributed by atoms with Crippen molar-refractivity contribution in [3.8, 4) is 0 Å². The maximum absolute atomic E-state index is 12.3. The SMILES string of the molecule is CC1(C)CC(S(=O)(=O)NC(=O)Cn2ncc(=O)c3ccccc32)CO1. The third kappa shape index (κ3) is 3.72. The Bertz CT molecular complexity index is 981. The number of sulfonamides is 1. The standard InChI is InChI=1S/C16H19N3O5S/c1-16(2)7-11(10-24-16)25(22,23)18-15(21)9-19-13-6-4-3-5-12(13)14(20)8-17-19/h3-6,8,11H,7,9-10H2,1-2H3,(H,18,21). The molecule has 2 aromatic rings. The van der Waals surface area contributed by atoms with Crippen molar-refractivity contribution >= 4 is 26.8 Å². The van der Waals surface area contributed by atoms with Crippen LogP contribution in [0, 0.1) is 0 Å². The summed E-state index contributed by atoms with van der Waals surface area (Å²) in [6.07, 6.45) is 1.42. The Kier molecular flexibility index (Phi) is 4.38. The minimum atomic E-state index is -3.84. The van der Waals surface area contributed by atoms with E-state index in [1.165, 1.54) is 4.68 Å². The third-order valence-corrected chi connectivity index (χ3v) is 5.82. The molecule has 0 spiro atoms. The van der Waals surface area contributed by atoms with E-state index in [0.717, 1.165) is 6.20 Å². The number of rotatable bonds is 4. The van der Waals surface area contributed by atoms with Gasteiger partial charge in [0.05, 0.1) is 23.9 Å². The van der Waals surface area contributed by atoms with Crippen molar-refractivity contribution in [2.24, 2.45) is 0 Å². The molecule has 0 radical (unpaired) electrons. The summed E-state index contributed by atoms with van der Waals surface area (Å²) in [5.74, 6) is -0.717. The molecule has 1 fully saturated rings. The van der Waals surface area contributed by atoms with Crippen molar-refractivity contribution in [2.45, 2.75) is 37.7 Å². The predicted octanol–water partition coefficient (Wildman–Crippen LogP) is 0.410. The molecule has 3 rings (SSSR count). The average Bonchev–Trinajstić information content (AvgIpc) is 2.91. The van der Waals surface area contributed by atoms with Gasteiger partial charge in [-0.15, -0.1) is 0 Å². The normalized spacial score (nSPS) is 19.8. The Balaban J connectivity index is 1.78. The van der Waals surface area contributed by atoms with Gasteiger partial charge in [-0.1, -0.05) is 12.1 Å². The van der Waals surface area contributed by atoms with E-state index in [0.29, 0.717) is 17.3 Å². The van der Waals surface area contributed by atoms with Crippen LogP contribution in [0.5, 0.6) is 0 Å². The van der Waals surface area contributed by atoms with E-state index in [4.69, 9.17) is 4.74 Å². The summed E-state index contributed by atoms with van der Waals surface area (Å²) in [4.78, 5) is 24.0. The van der Waals surface area contributed by atoms with Gasteiger partial charge in [-0.2, -0.15) is 5.10 Å². The molecule has 1 amide bonds. The smallest absolute Gasteiger partial charge is 0.255 e. The quantitative estimate of drug-likeness (QED) is 0.841. The average molecular weight is 365 g/mol. The highest BCUT2D eigenvalue weighted by Crippen LogP contribution is 2.28. The first-order valence-corrected chi connectivity index (χ1v) is 9.36. The van der Waals surface area contributed by atoms with E-state index in [2.05, 4.69) is 9.82 Å². The predicted molar refractivity (Wildman–Crippen MR) is 91.5 cm³/mol. The van der Waals surface area contributed by atoms with Crippen LogP contribution in [0.4, 0.5) is 0 Å². The maximum Gasteiger partial charge on any atom is 0.255 e. The summed E-state index contributed by atoms with van der Waals surface area (Å²) < 4.78 is 33.5. The molecule has 1 atom stereocenters. The number of carbonyl (C=O) groups is 1. The summed E-state index contributed by atoms with van der Waals surface area (Å²) in [6, 6.07) is 6.70. The van der Waals surface area contributed by atoms with Gasteiger partial charge in [-0.3, -0.25) is 19.0 Å². The van der Waals surface area contributed by atoms with Gasteiger partial charge in [0.2, 0.25) is 15.5 Å². The minimum Gasteiger partial charge on any atom is -0.374 e. The van der Waals surface area contributed by atoms with Crippen molar-refractivity contribution < 1.29 is 17.9 Å². The van der Waals surface area contributed by atoms with E-state index in [1.807, 2.05) is 0 Å². The molecule has 8 nitrogen and oxygen atoms in total. The van der Waals surface area contributed by atoms with Crippen LogP contribution in [0.3, 0.4) is 0 Å². The van der Waals surface area contributed by atoms with Crippen LogP contribution in [0.25, 0.3) is 10.9 Å². The van der Waals surface area contributed by atoms with Gasteiger partial charge in [0.15, 0.2) is 0 Å². The molecule has 1 aliphatic heterocycles. The van der Waals surface area contributed by atoms with E-state index in [1.54, 1.807) is 38.1 Å². The fourth-order valence-corrected chi connectivity index (χ4v) is 4.30. The second kappa shape index (κ2) is 6.23. The second-order valence-corrected chi connectivity index (χ2v) is 8.61. The first kappa shape index (κ1) is 17.6. The molecule has 1 N–H and O–H groups in total. The van der Waals surface area contributed by atoms with Crippen LogP contribution in [0.1, 0.15) is 20.3 Å². The number of benzene rings is 1. The first-order valence-electron chi connectivity index (χ1n) is 7.81. The lowest BCUT2D eigenvalue weighted by atomic mass is 10.1. The van der Waals surface area contributed by atoms with Crippen molar-refractivity contribution in [3.05, 3.63) is 40.7 Å². The molecule has 0 saturated carbocycles. The molecule has 1 saturated heterocycles. The van der Waals surface area contributed by atoms with Gasteiger partial charge in [0, 0.05) is 5.39 Å². The molecule has 1 unspecified atom stereocenters.